The quantitative estimate of drug-likeness (QED) is 0.803. The van der Waals surface area contributed by atoms with Crippen molar-refractivity contribution in [2.75, 3.05) is 14.1 Å². The summed E-state index contributed by atoms with van der Waals surface area (Å²) in [6.45, 7) is 2.00. The molecule has 1 aliphatic rings. The van der Waals surface area contributed by atoms with Gasteiger partial charge in [0.15, 0.2) is 0 Å². The third-order valence-corrected chi connectivity index (χ3v) is 3.04. The molecule has 1 atom stereocenters. The average molecular weight is 241 g/mol. The number of benzene rings is 1. The van der Waals surface area contributed by atoms with Crippen molar-refractivity contribution in [3.8, 4) is 0 Å². The van der Waals surface area contributed by atoms with Crippen LogP contribution in [-0.2, 0) is 4.74 Å². The molecule has 2 heteroatoms. The second-order valence-corrected chi connectivity index (χ2v) is 4.61. The van der Waals surface area contributed by atoms with Gasteiger partial charge in [-0.2, -0.15) is 0 Å². The van der Waals surface area contributed by atoms with Gasteiger partial charge in [0.1, 0.15) is 5.76 Å². The second-order valence-electron chi connectivity index (χ2n) is 4.61. The number of likely N-dealkylation sites (N-methyl/N-ethyl adjacent to an activating group) is 1. The van der Waals surface area contributed by atoms with E-state index in [9.17, 15) is 0 Å². The molecule has 0 fully saturated rings. The first-order chi connectivity index (χ1) is 8.68. The van der Waals surface area contributed by atoms with Gasteiger partial charge in [0, 0.05) is 5.57 Å². The molecule has 0 aromatic heterocycles. The van der Waals surface area contributed by atoms with Crippen LogP contribution in [0.5, 0.6) is 0 Å². The van der Waals surface area contributed by atoms with Crippen LogP contribution in [0.4, 0.5) is 0 Å². The lowest BCUT2D eigenvalue weighted by Gasteiger charge is -2.26. The maximum atomic E-state index is 5.48. The maximum absolute atomic E-state index is 5.48. The van der Waals surface area contributed by atoms with Crippen molar-refractivity contribution in [2.24, 2.45) is 0 Å². The Morgan fingerprint density at radius 1 is 1.11 bits per heavy atom. The minimum Gasteiger partial charge on any atom is -0.470 e. The lowest BCUT2D eigenvalue weighted by Crippen LogP contribution is -2.29. The van der Waals surface area contributed by atoms with E-state index in [0.717, 1.165) is 5.76 Å². The Morgan fingerprint density at radius 3 is 2.50 bits per heavy atom. The standard InChI is InChI=1S/C16H19NO/c1-13-15(16(17(2)3)11-12-18-13)10-9-14-7-5-4-6-8-14/h4-12,16H,1-3H3. The Bertz CT molecular complexity index is 483. The summed E-state index contributed by atoms with van der Waals surface area (Å²) < 4.78 is 5.48. The van der Waals surface area contributed by atoms with Crippen LogP contribution in [-0.4, -0.2) is 25.0 Å². The Hall–Kier alpha value is -1.80. The Labute approximate surface area is 109 Å². The molecule has 0 saturated carbocycles. The van der Waals surface area contributed by atoms with Gasteiger partial charge >= 0.3 is 0 Å². The molecule has 18 heavy (non-hydrogen) atoms. The Morgan fingerprint density at radius 2 is 1.83 bits per heavy atom. The third-order valence-electron chi connectivity index (χ3n) is 3.04. The van der Waals surface area contributed by atoms with Gasteiger partial charge in [0.25, 0.3) is 0 Å². The molecule has 1 aromatic carbocycles. The normalized spacial score (nSPS) is 19.7. The van der Waals surface area contributed by atoms with E-state index in [1.807, 2.05) is 25.1 Å². The SMILES string of the molecule is CC1=C(C=Cc2ccccc2)C(N(C)C)C=CO1. The highest BCUT2D eigenvalue weighted by Gasteiger charge is 2.18. The van der Waals surface area contributed by atoms with Crippen LogP contribution < -0.4 is 0 Å². The van der Waals surface area contributed by atoms with Crippen molar-refractivity contribution in [3.05, 3.63) is 65.6 Å². The van der Waals surface area contributed by atoms with Gasteiger partial charge in [-0.1, -0.05) is 42.5 Å². The molecule has 0 amide bonds. The lowest BCUT2D eigenvalue weighted by molar-refractivity contribution is 0.297. The van der Waals surface area contributed by atoms with Gasteiger partial charge in [-0.25, -0.2) is 0 Å². The van der Waals surface area contributed by atoms with Crippen molar-refractivity contribution in [2.45, 2.75) is 13.0 Å². The minimum atomic E-state index is 0.277. The van der Waals surface area contributed by atoms with E-state index in [1.165, 1.54) is 11.1 Å². The molecule has 1 aromatic rings. The molecule has 0 spiro atoms. The van der Waals surface area contributed by atoms with Crippen LogP contribution in [0, 0.1) is 0 Å². The Balaban J connectivity index is 2.23. The minimum absolute atomic E-state index is 0.277. The maximum Gasteiger partial charge on any atom is 0.105 e. The number of ether oxygens (including phenoxy) is 1. The monoisotopic (exact) mass is 241 g/mol. The molecule has 0 saturated heterocycles. The lowest BCUT2D eigenvalue weighted by atomic mass is 10.0. The number of hydrogen-bond donors (Lipinski definition) is 0. The van der Waals surface area contributed by atoms with E-state index in [4.69, 9.17) is 4.74 Å². The van der Waals surface area contributed by atoms with Crippen LogP contribution in [0.25, 0.3) is 6.08 Å². The fourth-order valence-corrected chi connectivity index (χ4v) is 2.01. The van der Waals surface area contributed by atoms with Crippen molar-refractivity contribution < 1.29 is 4.74 Å². The molecule has 2 nitrogen and oxygen atoms in total. The number of hydrogen-bond acceptors (Lipinski definition) is 2. The first-order valence-electron chi connectivity index (χ1n) is 6.12. The molecule has 0 aliphatic carbocycles. The summed E-state index contributed by atoms with van der Waals surface area (Å²) >= 11 is 0. The van der Waals surface area contributed by atoms with Gasteiger partial charge in [-0.05, 0) is 32.7 Å². The molecule has 1 unspecified atom stereocenters. The summed E-state index contributed by atoms with van der Waals surface area (Å²) in [5.74, 6) is 0.961. The number of nitrogens with zero attached hydrogens (tertiary/aromatic N) is 1. The summed E-state index contributed by atoms with van der Waals surface area (Å²) in [7, 11) is 4.15. The van der Waals surface area contributed by atoms with E-state index < -0.39 is 0 Å². The van der Waals surface area contributed by atoms with E-state index in [1.54, 1.807) is 6.26 Å². The summed E-state index contributed by atoms with van der Waals surface area (Å²) in [5.41, 5.74) is 2.40. The summed E-state index contributed by atoms with van der Waals surface area (Å²) in [6.07, 6.45) is 8.09. The molecule has 1 heterocycles. The molecule has 94 valence electrons. The highest BCUT2D eigenvalue weighted by molar-refractivity contribution is 5.54. The fraction of sp³-hybridized carbons (Fsp3) is 0.250. The van der Waals surface area contributed by atoms with Gasteiger partial charge in [-0.3, -0.25) is 4.90 Å². The van der Waals surface area contributed by atoms with Crippen LogP contribution in [0.15, 0.2) is 60.1 Å². The zero-order valence-electron chi connectivity index (χ0n) is 11.1. The molecular weight excluding hydrogens is 222 g/mol. The zero-order chi connectivity index (χ0) is 13.0. The first-order valence-corrected chi connectivity index (χ1v) is 6.12. The Kier molecular flexibility index (Phi) is 4.00. The average Bonchev–Trinajstić information content (AvgIpc) is 2.38. The summed E-state index contributed by atoms with van der Waals surface area (Å²) in [6, 6.07) is 10.6. The van der Waals surface area contributed by atoms with Crippen molar-refractivity contribution in [3.63, 3.8) is 0 Å². The third kappa shape index (κ3) is 2.90. The smallest absolute Gasteiger partial charge is 0.105 e. The predicted octanol–water partition coefficient (Wildman–Crippen LogP) is 3.45. The van der Waals surface area contributed by atoms with Crippen LogP contribution in [0.1, 0.15) is 12.5 Å². The van der Waals surface area contributed by atoms with Crippen molar-refractivity contribution >= 4 is 6.08 Å². The van der Waals surface area contributed by atoms with Gasteiger partial charge < -0.3 is 4.74 Å². The number of allylic oxidation sites excluding steroid dienone is 1. The fourth-order valence-electron chi connectivity index (χ4n) is 2.01. The molecule has 0 bridgehead atoms. The molecule has 0 N–H and O–H groups in total. The van der Waals surface area contributed by atoms with Gasteiger partial charge in [0.2, 0.25) is 0 Å². The largest absolute Gasteiger partial charge is 0.470 e. The van der Waals surface area contributed by atoms with E-state index in [2.05, 4.69) is 49.4 Å². The highest BCUT2D eigenvalue weighted by Crippen LogP contribution is 2.22. The van der Waals surface area contributed by atoms with Gasteiger partial charge in [0.05, 0.1) is 12.3 Å². The van der Waals surface area contributed by atoms with E-state index in [0.29, 0.717) is 0 Å². The molecular formula is C16H19NO. The summed E-state index contributed by atoms with van der Waals surface area (Å²) in [4.78, 5) is 2.17. The van der Waals surface area contributed by atoms with Gasteiger partial charge in [-0.15, -0.1) is 0 Å². The van der Waals surface area contributed by atoms with Crippen molar-refractivity contribution in [1.29, 1.82) is 0 Å². The molecule has 0 radical (unpaired) electrons. The van der Waals surface area contributed by atoms with Crippen LogP contribution in [0.3, 0.4) is 0 Å². The second kappa shape index (κ2) is 5.69. The summed E-state index contributed by atoms with van der Waals surface area (Å²) in [5, 5.41) is 0. The van der Waals surface area contributed by atoms with Crippen molar-refractivity contribution in [1.82, 2.24) is 4.90 Å². The zero-order valence-corrected chi connectivity index (χ0v) is 11.1. The van der Waals surface area contributed by atoms with Crippen LogP contribution in [0.2, 0.25) is 0 Å². The molecule has 2 rings (SSSR count). The molecule has 1 aliphatic heterocycles. The van der Waals surface area contributed by atoms with E-state index >= 15 is 0 Å². The topological polar surface area (TPSA) is 12.5 Å². The first kappa shape index (κ1) is 12.7. The van der Waals surface area contributed by atoms with Crippen LogP contribution >= 0.6 is 0 Å². The highest BCUT2D eigenvalue weighted by atomic mass is 16.5. The predicted molar refractivity (Wildman–Crippen MR) is 75.9 cm³/mol. The van der Waals surface area contributed by atoms with E-state index in [-0.39, 0.29) is 6.04 Å². The number of rotatable bonds is 3.